The van der Waals surface area contributed by atoms with Gasteiger partial charge in [-0.2, -0.15) is 0 Å². The molecule has 1 unspecified atom stereocenters. The third-order valence-corrected chi connectivity index (χ3v) is 5.59. The molecule has 2 N–H and O–H groups in total. The van der Waals surface area contributed by atoms with Crippen LogP contribution in [0.4, 0.5) is 11.5 Å². The van der Waals surface area contributed by atoms with Crippen molar-refractivity contribution in [1.82, 2.24) is 9.88 Å². The smallest absolute Gasteiger partial charge is 0.138 e. The summed E-state index contributed by atoms with van der Waals surface area (Å²) in [4.78, 5) is 9.67. The first-order valence-corrected chi connectivity index (χ1v) is 8.49. The Labute approximate surface area is 134 Å². The SMILES string of the molecule is CN1CCC(N(C)c2nc3cc(N)ccc3c3sccc23)C1. The summed E-state index contributed by atoms with van der Waals surface area (Å²) in [6, 6.07) is 8.74. The van der Waals surface area contributed by atoms with Crippen LogP contribution in [0.3, 0.4) is 0 Å². The number of anilines is 2. The molecule has 0 bridgehead atoms. The van der Waals surface area contributed by atoms with E-state index < -0.39 is 0 Å². The van der Waals surface area contributed by atoms with Gasteiger partial charge in [-0.05, 0) is 49.7 Å². The zero-order chi connectivity index (χ0) is 15.3. The maximum absolute atomic E-state index is 5.95. The number of hydrogen-bond donors (Lipinski definition) is 1. The van der Waals surface area contributed by atoms with Gasteiger partial charge in [-0.1, -0.05) is 0 Å². The van der Waals surface area contributed by atoms with Crippen LogP contribution in [0.5, 0.6) is 0 Å². The normalized spacial score (nSPS) is 19.3. The van der Waals surface area contributed by atoms with E-state index in [1.54, 1.807) is 11.3 Å². The van der Waals surface area contributed by atoms with E-state index in [2.05, 4.69) is 41.4 Å². The van der Waals surface area contributed by atoms with Crippen molar-refractivity contribution in [3.8, 4) is 0 Å². The lowest BCUT2D eigenvalue weighted by Gasteiger charge is -2.26. The topological polar surface area (TPSA) is 45.4 Å². The molecule has 114 valence electrons. The lowest BCUT2D eigenvalue weighted by atomic mass is 10.1. The Balaban J connectivity index is 1.89. The Hall–Kier alpha value is -1.85. The Kier molecular flexibility index (Phi) is 3.20. The number of rotatable bonds is 2. The van der Waals surface area contributed by atoms with Gasteiger partial charge in [0.05, 0.1) is 5.52 Å². The van der Waals surface area contributed by atoms with E-state index in [0.717, 1.165) is 30.1 Å². The fraction of sp³-hybridized carbons (Fsp3) is 0.353. The van der Waals surface area contributed by atoms with Gasteiger partial charge in [-0.3, -0.25) is 0 Å². The van der Waals surface area contributed by atoms with Gasteiger partial charge in [0.25, 0.3) is 0 Å². The van der Waals surface area contributed by atoms with Gasteiger partial charge >= 0.3 is 0 Å². The summed E-state index contributed by atoms with van der Waals surface area (Å²) in [5.74, 6) is 1.08. The van der Waals surface area contributed by atoms with Crippen LogP contribution < -0.4 is 10.6 Å². The van der Waals surface area contributed by atoms with E-state index in [1.807, 2.05) is 12.1 Å². The molecule has 5 heteroatoms. The van der Waals surface area contributed by atoms with Gasteiger partial charge in [0.2, 0.25) is 0 Å². The molecule has 0 aliphatic carbocycles. The molecule has 1 saturated heterocycles. The summed E-state index contributed by atoms with van der Waals surface area (Å²) >= 11 is 1.78. The summed E-state index contributed by atoms with van der Waals surface area (Å²) in [5, 5.41) is 4.60. The van der Waals surface area contributed by atoms with E-state index in [9.17, 15) is 0 Å². The number of likely N-dealkylation sites (N-methyl/N-ethyl adjacent to an activating group) is 2. The third-order valence-electron chi connectivity index (χ3n) is 4.65. The number of fused-ring (bicyclic) bond motifs is 3. The third kappa shape index (κ3) is 2.12. The van der Waals surface area contributed by atoms with Crippen LogP contribution in [0.2, 0.25) is 0 Å². The monoisotopic (exact) mass is 312 g/mol. The van der Waals surface area contributed by atoms with E-state index in [0.29, 0.717) is 6.04 Å². The highest BCUT2D eigenvalue weighted by molar-refractivity contribution is 7.18. The molecule has 0 saturated carbocycles. The lowest BCUT2D eigenvalue weighted by molar-refractivity contribution is 0.409. The number of nitrogen functional groups attached to an aromatic ring is 1. The van der Waals surface area contributed by atoms with E-state index in [1.165, 1.54) is 21.9 Å². The zero-order valence-electron chi connectivity index (χ0n) is 12.9. The Morgan fingerprint density at radius 1 is 1.32 bits per heavy atom. The van der Waals surface area contributed by atoms with Gasteiger partial charge in [0.1, 0.15) is 5.82 Å². The average molecular weight is 312 g/mol. The van der Waals surface area contributed by atoms with Crippen LogP contribution in [0.1, 0.15) is 6.42 Å². The fourth-order valence-electron chi connectivity index (χ4n) is 3.37. The van der Waals surface area contributed by atoms with Crippen molar-refractivity contribution in [2.24, 2.45) is 0 Å². The largest absolute Gasteiger partial charge is 0.399 e. The number of benzene rings is 1. The number of hydrogen-bond acceptors (Lipinski definition) is 5. The van der Waals surface area contributed by atoms with Crippen LogP contribution in [-0.2, 0) is 0 Å². The molecule has 1 aliphatic rings. The van der Waals surface area contributed by atoms with E-state index in [-0.39, 0.29) is 0 Å². The number of pyridine rings is 1. The Bertz CT molecular complexity index is 841. The van der Waals surface area contributed by atoms with Crippen LogP contribution in [-0.4, -0.2) is 43.1 Å². The van der Waals surface area contributed by atoms with Crippen molar-refractivity contribution >= 4 is 43.8 Å². The molecule has 0 radical (unpaired) electrons. The number of nitrogens with zero attached hydrogens (tertiary/aromatic N) is 3. The van der Waals surface area contributed by atoms with Gasteiger partial charge in [0.15, 0.2) is 0 Å². The summed E-state index contributed by atoms with van der Waals surface area (Å²) in [7, 11) is 4.35. The van der Waals surface area contributed by atoms with E-state index in [4.69, 9.17) is 10.7 Å². The highest BCUT2D eigenvalue weighted by atomic mass is 32.1. The van der Waals surface area contributed by atoms with Crippen molar-refractivity contribution in [2.75, 3.05) is 37.8 Å². The second-order valence-electron chi connectivity index (χ2n) is 6.19. The molecule has 1 fully saturated rings. The Morgan fingerprint density at radius 3 is 2.95 bits per heavy atom. The first-order valence-electron chi connectivity index (χ1n) is 7.61. The molecule has 1 aliphatic heterocycles. The summed E-state index contributed by atoms with van der Waals surface area (Å²) in [6.45, 7) is 2.25. The number of thiophene rings is 1. The lowest BCUT2D eigenvalue weighted by Crippen LogP contribution is -2.34. The van der Waals surface area contributed by atoms with Crippen molar-refractivity contribution in [3.63, 3.8) is 0 Å². The minimum atomic E-state index is 0.527. The molecule has 22 heavy (non-hydrogen) atoms. The van der Waals surface area contributed by atoms with Crippen molar-refractivity contribution in [1.29, 1.82) is 0 Å². The van der Waals surface area contributed by atoms with Crippen LogP contribution in [0.25, 0.3) is 21.0 Å². The molecular formula is C17H20N4S. The maximum Gasteiger partial charge on any atom is 0.138 e. The molecule has 0 spiro atoms. The average Bonchev–Trinajstić information content (AvgIpc) is 3.14. The van der Waals surface area contributed by atoms with Crippen LogP contribution in [0.15, 0.2) is 29.6 Å². The second-order valence-corrected chi connectivity index (χ2v) is 7.11. The molecule has 3 aromatic rings. The highest BCUT2D eigenvalue weighted by Crippen LogP contribution is 2.36. The fourth-order valence-corrected chi connectivity index (χ4v) is 4.30. The summed E-state index contributed by atoms with van der Waals surface area (Å²) in [6.07, 6.45) is 1.19. The van der Waals surface area contributed by atoms with Crippen molar-refractivity contribution < 1.29 is 0 Å². The molecule has 0 amide bonds. The molecule has 1 aromatic carbocycles. The second kappa shape index (κ2) is 5.11. The van der Waals surface area contributed by atoms with Crippen LogP contribution in [0, 0.1) is 0 Å². The molecule has 4 rings (SSSR count). The molecule has 1 atom stereocenters. The maximum atomic E-state index is 5.95. The van der Waals surface area contributed by atoms with Crippen molar-refractivity contribution in [3.05, 3.63) is 29.6 Å². The van der Waals surface area contributed by atoms with Gasteiger partial charge in [-0.25, -0.2) is 4.98 Å². The quantitative estimate of drug-likeness (QED) is 0.738. The van der Waals surface area contributed by atoms with Crippen LogP contribution >= 0.6 is 11.3 Å². The first-order chi connectivity index (χ1) is 10.6. The number of aromatic nitrogens is 1. The Morgan fingerprint density at radius 2 is 2.18 bits per heavy atom. The van der Waals surface area contributed by atoms with Crippen molar-refractivity contribution in [2.45, 2.75) is 12.5 Å². The molecule has 2 aromatic heterocycles. The minimum absolute atomic E-state index is 0.527. The summed E-state index contributed by atoms with van der Waals surface area (Å²) < 4.78 is 1.30. The van der Waals surface area contributed by atoms with Gasteiger partial charge in [-0.15, -0.1) is 11.3 Å². The van der Waals surface area contributed by atoms with Gasteiger partial charge in [0, 0.05) is 40.8 Å². The number of nitrogens with two attached hydrogens (primary N) is 1. The predicted octanol–water partition coefficient (Wildman–Crippen LogP) is 3.17. The predicted molar refractivity (Wildman–Crippen MR) is 95.8 cm³/mol. The molecule has 4 nitrogen and oxygen atoms in total. The zero-order valence-corrected chi connectivity index (χ0v) is 13.7. The number of likely N-dealkylation sites (tertiary alicyclic amines) is 1. The molecule has 3 heterocycles. The standard InChI is InChI=1S/C17H20N4S/c1-20-7-5-12(10-20)21(2)17-14-6-8-22-16(14)13-4-3-11(18)9-15(13)19-17/h3-4,6,8-9,12H,5,7,10,18H2,1-2H3. The minimum Gasteiger partial charge on any atom is -0.399 e. The first kappa shape index (κ1) is 13.8. The summed E-state index contributed by atoms with van der Waals surface area (Å²) in [5.41, 5.74) is 7.71. The molecular weight excluding hydrogens is 292 g/mol. The van der Waals surface area contributed by atoms with E-state index >= 15 is 0 Å². The highest BCUT2D eigenvalue weighted by Gasteiger charge is 2.25. The van der Waals surface area contributed by atoms with Gasteiger partial charge < -0.3 is 15.5 Å².